The number of urea groups is 1. The van der Waals surface area contributed by atoms with E-state index >= 15 is 0 Å². The van der Waals surface area contributed by atoms with Gasteiger partial charge in [-0.15, -0.1) is 0 Å². The number of halogens is 1. The van der Waals surface area contributed by atoms with E-state index in [1.807, 2.05) is 19.9 Å². The molecule has 2 amide bonds. The maximum atomic E-state index is 14.9. The van der Waals surface area contributed by atoms with Crippen LogP contribution in [0.2, 0.25) is 0 Å². The summed E-state index contributed by atoms with van der Waals surface area (Å²) in [5, 5.41) is 5.69. The molecular formula is C23H28FN5O2S. The monoisotopic (exact) mass is 457 g/mol. The third kappa shape index (κ3) is 4.68. The number of thiazole rings is 1. The van der Waals surface area contributed by atoms with Gasteiger partial charge in [0.1, 0.15) is 5.82 Å². The molecule has 1 atom stereocenters. The summed E-state index contributed by atoms with van der Waals surface area (Å²) in [5.41, 5.74) is 2.11. The minimum atomic E-state index is -0.422. The Bertz CT molecular complexity index is 1210. The number of nitrogens with one attached hydrogen (secondary N) is 2. The van der Waals surface area contributed by atoms with E-state index in [2.05, 4.69) is 27.6 Å². The number of nitrogens with zero attached hydrogens (tertiary/aromatic N) is 3. The molecule has 7 nitrogen and oxygen atoms in total. The summed E-state index contributed by atoms with van der Waals surface area (Å²) < 4.78 is 17.4. The van der Waals surface area contributed by atoms with E-state index in [1.165, 1.54) is 36.3 Å². The van der Waals surface area contributed by atoms with E-state index in [1.54, 1.807) is 10.6 Å². The van der Waals surface area contributed by atoms with Crippen molar-refractivity contribution in [2.24, 2.45) is 0 Å². The van der Waals surface area contributed by atoms with Crippen molar-refractivity contribution in [1.82, 2.24) is 19.8 Å². The number of pyridine rings is 1. The van der Waals surface area contributed by atoms with Crippen LogP contribution in [0.4, 0.5) is 14.3 Å². The molecule has 0 spiro atoms. The largest absolute Gasteiger partial charge is 0.338 e. The number of aryl methyl sites for hydroxylation is 1. The zero-order chi connectivity index (χ0) is 22.8. The minimum absolute atomic E-state index is 0.129. The van der Waals surface area contributed by atoms with Gasteiger partial charge >= 0.3 is 6.03 Å². The standard InChI is InChI=1S/C23H28FN5O2S/c1-4-25-22(31)27-23-26-19-11-17(18(24)12-20(19)32-23)15-9-14(2)29(21(30)10-15)13-16-7-5-6-8-28(16)3/h9-12,16H,4-8,13H2,1-3H3,(H2,25,26,27,31). The lowest BCUT2D eigenvalue weighted by Crippen LogP contribution is -2.41. The highest BCUT2D eigenvalue weighted by atomic mass is 32.1. The van der Waals surface area contributed by atoms with Crippen LogP contribution < -0.4 is 16.2 Å². The number of likely N-dealkylation sites (tertiary alicyclic amines) is 1. The number of carbonyl (C=O) groups excluding carboxylic acids is 1. The Labute approximate surface area is 190 Å². The van der Waals surface area contributed by atoms with Gasteiger partial charge in [-0.25, -0.2) is 14.2 Å². The van der Waals surface area contributed by atoms with Crippen molar-refractivity contribution in [3.8, 4) is 11.1 Å². The topological polar surface area (TPSA) is 79.3 Å². The number of piperidine rings is 1. The first-order valence-electron chi connectivity index (χ1n) is 10.9. The van der Waals surface area contributed by atoms with Gasteiger partial charge in [0.05, 0.1) is 10.2 Å². The van der Waals surface area contributed by atoms with E-state index in [9.17, 15) is 14.0 Å². The zero-order valence-electron chi connectivity index (χ0n) is 18.6. The highest BCUT2D eigenvalue weighted by Crippen LogP contribution is 2.32. The van der Waals surface area contributed by atoms with Gasteiger partial charge in [-0.2, -0.15) is 0 Å². The average molecular weight is 458 g/mol. The molecule has 0 aliphatic carbocycles. The van der Waals surface area contributed by atoms with Crippen molar-refractivity contribution in [1.29, 1.82) is 0 Å². The second-order valence-electron chi connectivity index (χ2n) is 8.27. The third-order valence-electron chi connectivity index (χ3n) is 6.00. The fourth-order valence-electron chi connectivity index (χ4n) is 4.23. The molecule has 9 heteroatoms. The van der Waals surface area contributed by atoms with Gasteiger partial charge < -0.3 is 14.8 Å². The first kappa shape index (κ1) is 22.4. The van der Waals surface area contributed by atoms with Crippen LogP contribution in [0.1, 0.15) is 31.9 Å². The van der Waals surface area contributed by atoms with Gasteiger partial charge in [-0.05, 0) is 64.0 Å². The molecule has 2 N–H and O–H groups in total. The van der Waals surface area contributed by atoms with Crippen LogP contribution in [0.15, 0.2) is 29.1 Å². The van der Waals surface area contributed by atoms with E-state index in [0.29, 0.717) is 45.6 Å². The highest BCUT2D eigenvalue weighted by molar-refractivity contribution is 7.22. The first-order chi connectivity index (χ1) is 15.4. The Kier molecular flexibility index (Phi) is 6.57. The fourth-order valence-corrected chi connectivity index (χ4v) is 5.10. The van der Waals surface area contributed by atoms with Crippen molar-refractivity contribution in [2.45, 2.75) is 45.7 Å². The molecule has 1 aliphatic heterocycles. The number of likely N-dealkylation sites (N-methyl/N-ethyl adjacent to an activating group) is 1. The maximum Gasteiger partial charge on any atom is 0.321 e. The van der Waals surface area contributed by atoms with Crippen molar-refractivity contribution < 1.29 is 9.18 Å². The Morgan fingerprint density at radius 1 is 1.28 bits per heavy atom. The summed E-state index contributed by atoms with van der Waals surface area (Å²) in [6.45, 7) is 5.90. The molecule has 0 radical (unpaired) electrons. The van der Waals surface area contributed by atoms with Crippen molar-refractivity contribution >= 4 is 32.7 Å². The lowest BCUT2D eigenvalue weighted by Gasteiger charge is -2.33. The number of benzene rings is 1. The average Bonchev–Trinajstić information content (AvgIpc) is 3.12. The molecule has 0 saturated carbocycles. The summed E-state index contributed by atoms with van der Waals surface area (Å²) in [5.74, 6) is -0.422. The first-order valence-corrected chi connectivity index (χ1v) is 11.7. The summed E-state index contributed by atoms with van der Waals surface area (Å²) in [4.78, 5) is 31.4. The van der Waals surface area contributed by atoms with E-state index in [4.69, 9.17) is 0 Å². The van der Waals surface area contributed by atoms with Crippen LogP contribution in [-0.4, -0.2) is 46.7 Å². The Morgan fingerprint density at radius 2 is 2.09 bits per heavy atom. The van der Waals surface area contributed by atoms with Crippen LogP contribution in [-0.2, 0) is 6.54 Å². The van der Waals surface area contributed by atoms with Crippen molar-refractivity contribution in [3.05, 3.63) is 46.1 Å². The smallest absolute Gasteiger partial charge is 0.321 e. The van der Waals surface area contributed by atoms with Gasteiger partial charge in [0.2, 0.25) is 0 Å². The molecule has 0 bridgehead atoms. The molecule has 1 fully saturated rings. The fraction of sp³-hybridized carbons (Fsp3) is 0.435. The Balaban J connectivity index is 1.64. The summed E-state index contributed by atoms with van der Waals surface area (Å²) in [6.07, 6.45) is 3.45. The van der Waals surface area contributed by atoms with Crippen molar-refractivity contribution in [2.75, 3.05) is 25.5 Å². The highest BCUT2D eigenvalue weighted by Gasteiger charge is 2.21. The summed E-state index contributed by atoms with van der Waals surface area (Å²) in [7, 11) is 2.10. The second kappa shape index (κ2) is 9.38. The molecular weight excluding hydrogens is 429 g/mol. The Morgan fingerprint density at radius 3 is 2.81 bits per heavy atom. The number of carbonyl (C=O) groups is 1. The summed E-state index contributed by atoms with van der Waals surface area (Å²) in [6, 6.07) is 6.38. The quantitative estimate of drug-likeness (QED) is 0.602. The van der Waals surface area contributed by atoms with Gasteiger partial charge in [0, 0.05) is 36.5 Å². The molecule has 32 heavy (non-hydrogen) atoms. The molecule has 2 aromatic heterocycles. The van der Waals surface area contributed by atoms with Crippen molar-refractivity contribution in [3.63, 3.8) is 0 Å². The lowest BCUT2D eigenvalue weighted by atomic mass is 10.0. The Hall–Kier alpha value is -2.78. The van der Waals surface area contributed by atoms with Gasteiger partial charge in [-0.1, -0.05) is 17.8 Å². The van der Waals surface area contributed by atoms with Crippen LogP contribution in [0, 0.1) is 12.7 Å². The molecule has 1 saturated heterocycles. The zero-order valence-corrected chi connectivity index (χ0v) is 19.4. The minimum Gasteiger partial charge on any atom is -0.338 e. The molecule has 170 valence electrons. The molecule has 1 aromatic carbocycles. The number of aromatic nitrogens is 2. The number of rotatable bonds is 5. The van der Waals surface area contributed by atoms with Crippen LogP contribution in [0.3, 0.4) is 0 Å². The third-order valence-corrected chi connectivity index (χ3v) is 6.93. The maximum absolute atomic E-state index is 14.9. The lowest BCUT2D eigenvalue weighted by molar-refractivity contribution is 0.165. The number of amides is 2. The number of fused-ring (bicyclic) bond motifs is 1. The number of hydrogen-bond acceptors (Lipinski definition) is 5. The predicted octanol–water partition coefficient (Wildman–Crippen LogP) is 4.20. The van der Waals surface area contributed by atoms with Gasteiger partial charge in [0.15, 0.2) is 5.13 Å². The predicted molar refractivity (Wildman–Crippen MR) is 127 cm³/mol. The molecule has 3 heterocycles. The summed E-state index contributed by atoms with van der Waals surface area (Å²) >= 11 is 1.20. The van der Waals surface area contributed by atoms with Crippen LogP contribution in [0.5, 0.6) is 0 Å². The normalized spacial score (nSPS) is 16.9. The van der Waals surface area contributed by atoms with E-state index in [0.717, 1.165) is 18.7 Å². The van der Waals surface area contributed by atoms with Gasteiger partial charge in [0.25, 0.3) is 5.56 Å². The van der Waals surface area contributed by atoms with Crippen LogP contribution in [0.25, 0.3) is 21.3 Å². The molecule has 1 aliphatic rings. The van der Waals surface area contributed by atoms with E-state index in [-0.39, 0.29) is 11.6 Å². The molecule has 1 unspecified atom stereocenters. The molecule has 3 aromatic rings. The number of anilines is 1. The SMILES string of the molecule is CCNC(=O)Nc1nc2cc(-c3cc(C)n(CC4CCCCN4C)c(=O)c3)c(F)cc2s1. The van der Waals surface area contributed by atoms with Crippen LogP contribution >= 0.6 is 11.3 Å². The molecule has 4 rings (SSSR count). The second-order valence-corrected chi connectivity index (χ2v) is 9.30. The van der Waals surface area contributed by atoms with E-state index < -0.39 is 5.82 Å². The van der Waals surface area contributed by atoms with Gasteiger partial charge in [-0.3, -0.25) is 10.1 Å². The number of hydrogen-bond donors (Lipinski definition) is 2.